The molecule has 1 fully saturated rings. The van der Waals surface area contributed by atoms with E-state index in [1.54, 1.807) is 12.1 Å². The van der Waals surface area contributed by atoms with Crippen LogP contribution in [0.4, 0.5) is 11.4 Å². The predicted molar refractivity (Wildman–Crippen MR) is 121 cm³/mol. The summed E-state index contributed by atoms with van der Waals surface area (Å²) in [7, 11) is 2.10. The fourth-order valence-electron chi connectivity index (χ4n) is 6.42. The van der Waals surface area contributed by atoms with E-state index in [0.29, 0.717) is 5.75 Å². The van der Waals surface area contributed by atoms with Gasteiger partial charge in [-0.15, -0.1) is 0 Å². The average Bonchev–Trinajstić information content (AvgIpc) is 3.19. The van der Waals surface area contributed by atoms with Gasteiger partial charge in [-0.2, -0.15) is 0 Å². The second kappa shape index (κ2) is 7.33. The van der Waals surface area contributed by atoms with Crippen LogP contribution in [0.2, 0.25) is 0 Å². The van der Waals surface area contributed by atoms with Crippen LogP contribution in [0.3, 0.4) is 0 Å². The molecule has 5 atom stereocenters. The fraction of sp³-hybridized carbons (Fsp3) is 0.375. The third-order valence-corrected chi connectivity index (χ3v) is 7.95. The Balaban J connectivity index is 1.42. The Hall–Kier alpha value is -3.83. The molecule has 2 aliphatic heterocycles. The van der Waals surface area contributed by atoms with Crippen LogP contribution in [0.1, 0.15) is 27.9 Å². The minimum Gasteiger partial charge on any atom is -0.482 e. The number of carbonyl (C=O) groups excluding carboxylic acids is 1. The molecule has 2 aromatic carbocycles. The van der Waals surface area contributed by atoms with Gasteiger partial charge in [-0.1, -0.05) is 18.2 Å². The van der Waals surface area contributed by atoms with Crippen LogP contribution in [-0.4, -0.2) is 57.7 Å². The molecule has 0 unspecified atom stereocenters. The molecule has 2 bridgehead atoms. The van der Waals surface area contributed by atoms with Crippen LogP contribution in [0.25, 0.3) is 0 Å². The first-order chi connectivity index (χ1) is 16.7. The molecule has 1 saturated heterocycles. The number of piperidine rings is 1. The lowest BCUT2D eigenvalue weighted by atomic mass is 9.53. The summed E-state index contributed by atoms with van der Waals surface area (Å²) in [6.07, 6.45) is 4.03. The summed E-state index contributed by atoms with van der Waals surface area (Å²) in [5.74, 6) is -0.411. The zero-order valence-electron chi connectivity index (χ0n) is 18.6. The topological polar surface area (TPSA) is 145 Å². The van der Waals surface area contributed by atoms with Gasteiger partial charge in [0.1, 0.15) is 17.8 Å². The van der Waals surface area contributed by atoms with E-state index >= 15 is 0 Å². The van der Waals surface area contributed by atoms with Crippen molar-refractivity contribution < 1.29 is 29.2 Å². The molecule has 1 spiro atoms. The van der Waals surface area contributed by atoms with Gasteiger partial charge >= 0.3 is 5.97 Å². The molecule has 0 saturated carbocycles. The van der Waals surface area contributed by atoms with Crippen molar-refractivity contribution in [3.8, 4) is 11.5 Å². The number of nitro benzene ring substituents is 2. The van der Waals surface area contributed by atoms with E-state index in [9.17, 15) is 30.1 Å². The Labute approximate surface area is 198 Å². The number of hydrogen-bond acceptors (Lipinski definition) is 9. The Bertz CT molecular complexity index is 1340. The van der Waals surface area contributed by atoms with Crippen molar-refractivity contribution in [2.24, 2.45) is 5.92 Å². The molecule has 2 aromatic rings. The molecular weight excluding hydrogens is 458 g/mol. The highest BCUT2D eigenvalue weighted by atomic mass is 16.6. The molecular formula is C24H21N3O8. The van der Waals surface area contributed by atoms with Crippen molar-refractivity contribution in [2.45, 2.75) is 36.5 Å². The van der Waals surface area contributed by atoms with Gasteiger partial charge < -0.3 is 19.5 Å². The third-order valence-electron chi connectivity index (χ3n) is 7.95. The Morgan fingerprint density at radius 3 is 2.74 bits per heavy atom. The second-order valence-corrected chi connectivity index (χ2v) is 9.51. The summed E-state index contributed by atoms with van der Waals surface area (Å²) in [5, 5.41) is 33.3. The number of hydrogen-bond donors (Lipinski definition) is 1. The number of aliphatic hydroxyl groups is 1. The zero-order valence-corrected chi connectivity index (χ0v) is 18.6. The summed E-state index contributed by atoms with van der Waals surface area (Å²) in [6, 6.07) is 6.51. The van der Waals surface area contributed by atoms with Crippen molar-refractivity contribution in [2.75, 3.05) is 13.6 Å². The molecule has 0 radical (unpaired) electrons. The smallest absolute Gasteiger partial charge is 0.350 e. The lowest BCUT2D eigenvalue weighted by Crippen LogP contribution is -2.64. The molecule has 0 amide bonds. The van der Waals surface area contributed by atoms with Gasteiger partial charge in [0.25, 0.3) is 11.4 Å². The van der Waals surface area contributed by atoms with E-state index in [1.165, 1.54) is 0 Å². The standard InChI is InChI=1S/C24H21N3O8/c1-25-9-8-24-15-5-6-18(28)22(24)35-21-19(7-2-12(20(21)24)10-17(15)25)34-23(29)14-4-3-13(26(30)31)11-16(14)27(32)33/h2-7,11,15,17-18,22,28H,8-10H2,1H3/t15-,17+,18-,22-,24-/m0/s1. The van der Waals surface area contributed by atoms with Crippen molar-refractivity contribution >= 4 is 17.3 Å². The predicted octanol–water partition coefficient (Wildman–Crippen LogP) is 2.53. The van der Waals surface area contributed by atoms with E-state index in [2.05, 4.69) is 18.0 Å². The largest absolute Gasteiger partial charge is 0.482 e. The quantitative estimate of drug-likeness (QED) is 0.230. The molecule has 11 heteroatoms. The molecule has 4 aliphatic rings. The number of rotatable bonds is 4. The number of nitro groups is 2. The average molecular weight is 479 g/mol. The number of aliphatic hydroxyl groups excluding tert-OH is 1. The maximum Gasteiger partial charge on any atom is 0.350 e. The first-order valence-corrected chi connectivity index (χ1v) is 11.3. The summed E-state index contributed by atoms with van der Waals surface area (Å²) in [6.45, 7) is 0.833. The minimum atomic E-state index is -1.02. The van der Waals surface area contributed by atoms with E-state index < -0.39 is 50.4 Å². The van der Waals surface area contributed by atoms with Crippen LogP contribution in [0, 0.1) is 26.1 Å². The van der Waals surface area contributed by atoms with Gasteiger partial charge in [0, 0.05) is 29.0 Å². The summed E-state index contributed by atoms with van der Waals surface area (Å²) >= 11 is 0. The molecule has 2 aliphatic carbocycles. The zero-order chi connectivity index (χ0) is 24.6. The number of carbonyl (C=O) groups is 1. The monoisotopic (exact) mass is 479 g/mol. The van der Waals surface area contributed by atoms with E-state index in [1.807, 2.05) is 6.07 Å². The maximum absolute atomic E-state index is 13.0. The highest BCUT2D eigenvalue weighted by Gasteiger charge is 2.64. The van der Waals surface area contributed by atoms with Crippen LogP contribution in [0.5, 0.6) is 11.5 Å². The second-order valence-electron chi connectivity index (χ2n) is 9.51. The number of likely N-dealkylation sites (tertiary alicyclic amines) is 1. The van der Waals surface area contributed by atoms with Crippen LogP contribution in [0.15, 0.2) is 42.5 Å². The SMILES string of the molecule is CN1CC[C@]23c4c5ccc(OC(=O)c6ccc([N+](=O)[O-])cc6[N+](=O)[O-])c4O[C@H]2[C@@H](O)C=C[C@H]3[C@H]1C5. The first kappa shape index (κ1) is 21.7. The van der Waals surface area contributed by atoms with Gasteiger partial charge in [0.15, 0.2) is 11.5 Å². The maximum atomic E-state index is 13.0. The van der Waals surface area contributed by atoms with Gasteiger partial charge in [-0.3, -0.25) is 20.2 Å². The van der Waals surface area contributed by atoms with E-state index in [4.69, 9.17) is 9.47 Å². The molecule has 2 heterocycles. The Kier molecular flexibility index (Phi) is 4.54. The number of ether oxygens (including phenoxy) is 2. The molecule has 11 nitrogen and oxygen atoms in total. The number of non-ortho nitro benzene ring substituents is 1. The van der Waals surface area contributed by atoms with Crippen LogP contribution < -0.4 is 9.47 Å². The number of benzene rings is 2. The highest BCUT2D eigenvalue weighted by Crippen LogP contribution is 2.62. The van der Waals surface area contributed by atoms with Crippen molar-refractivity contribution in [1.29, 1.82) is 0 Å². The van der Waals surface area contributed by atoms with Gasteiger partial charge in [0.2, 0.25) is 0 Å². The molecule has 0 aromatic heterocycles. The van der Waals surface area contributed by atoms with Gasteiger partial charge in [-0.05, 0) is 44.1 Å². The minimum absolute atomic E-state index is 0.105. The molecule has 35 heavy (non-hydrogen) atoms. The molecule has 6 rings (SSSR count). The van der Waals surface area contributed by atoms with Crippen LogP contribution in [-0.2, 0) is 11.8 Å². The van der Waals surface area contributed by atoms with E-state index in [-0.39, 0.29) is 17.7 Å². The van der Waals surface area contributed by atoms with E-state index in [0.717, 1.165) is 48.7 Å². The summed E-state index contributed by atoms with van der Waals surface area (Å²) in [4.78, 5) is 36.2. The van der Waals surface area contributed by atoms with Gasteiger partial charge in [-0.25, -0.2) is 4.79 Å². The summed E-state index contributed by atoms with van der Waals surface area (Å²) < 4.78 is 11.9. The van der Waals surface area contributed by atoms with Gasteiger partial charge in [0.05, 0.1) is 15.9 Å². The Morgan fingerprint density at radius 1 is 1.20 bits per heavy atom. The molecule has 1 N–H and O–H groups in total. The third kappa shape index (κ3) is 2.88. The fourth-order valence-corrected chi connectivity index (χ4v) is 6.42. The van der Waals surface area contributed by atoms with Crippen molar-refractivity contribution in [3.63, 3.8) is 0 Å². The Morgan fingerprint density at radius 2 is 2.00 bits per heavy atom. The van der Waals surface area contributed by atoms with Crippen LogP contribution >= 0.6 is 0 Å². The lowest BCUT2D eigenvalue weighted by molar-refractivity contribution is -0.394. The number of esters is 1. The van der Waals surface area contributed by atoms with Crippen molar-refractivity contribution in [3.05, 3.63) is 79.4 Å². The lowest BCUT2D eigenvalue weighted by Gasteiger charge is -2.56. The molecule has 180 valence electrons. The first-order valence-electron chi connectivity index (χ1n) is 11.3. The van der Waals surface area contributed by atoms with Crippen molar-refractivity contribution in [1.82, 2.24) is 4.90 Å². The number of likely N-dealkylation sites (N-methyl/N-ethyl adjacent to an activating group) is 1. The normalized spacial score (nSPS) is 29.8. The number of nitrogens with zero attached hydrogens (tertiary/aromatic N) is 3. The summed E-state index contributed by atoms with van der Waals surface area (Å²) in [5.41, 5.74) is -0.0717. The highest BCUT2D eigenvalue weighted by molar-refractivity contribution is 5.96.